The molecule has 27 heavy (non-hydrogen) atoms. The van der Waals surface area contributed by atoms with Crippen molar-refractivity contribution in [1.82, 2.24) is 0 Å². The first kappa shape index (κ1) is 20.9. The van der Waals surface area contributed by atoms with Gasteiger partial charge in [0.1, 0.15) is 22.2 Å². The quantitative estimate of drug-likeness (QED) is 0.774. The molecule has 0 aromatic heterocycles. The largest absolute Gasteiger partial charge is 0.456 e. The lowest BCUT2D eigenvalue weighted by Gasteiger charge is -2.23. The Kier molecular flexibility index (Phi) is 5.94. The molecule has 2 aromatic carbocycles. The minimum Gasteiger partial charge on any atom is -0.456 e. The normalized spacial score (nSPS) is 12.2. The second kappa shape index (κ2) is 7.68. The van der Waals surface area contributed by atoms with Crippen LogP contribution in [0.25, 0.3) is 0 Å². The van der Waals surface area contributed by atoms with Crippen LogP contribution >= 0.6 is 0 Å². The molecule has 0 atom stereocenters. The van der Waals surface area contributed by atoms with E-state index in [1.807, 2.05) is 0 Å². The van der Waals surface area contributed by atoms with Crippen LogP contribution in [0.2, 0.25) is 0 Å². The summed E-state index contributed by atoms with van der Waals surface area (Å²) in [5.41, 5.74) is 4.57. The van der Waals surface area contributed by atoms with Crippen molar-refractivity contribution in [3.63, 3.8) is 0 Å². The SMILES string of the molecule is CC(C)S(=O)(=O)c1ccccc1Oc1cccc(F)c1CC(C)(C)C(N)=O. The van der Waals surface area contributed by atoms with Crippen LogP contribution in [0, 0.1) is 11.2 Å². The van der Waals surface area contributed by atoms with Gasteiger partial charge in [0.25, 0.3) is 0 Å². The summed E-state index contributed by atoms with van der Waals surface area (Å²) >= 11 is 0. The van der Waals surface area contributed by atoms with E-state index in [1.54, 1.807) is 39.8 Å². The molecule has 0 aliphatic heterocycles. The number of para-hydroxylation sites is 1. The van der Waals surface area contributed by atoms with Gasteiger partial charge < -0.3 is 10.5 Å². The summed E-state index contributed by atoms with van der Waals surface area (Å²) in [4.78, 5) is 11.7. The van der Waals surface area contributed by atoms with E-state index in [1.165, 1.54) is 30.3 Å². The van der Waals surface area contributed by atoms with Gasteiger partial charge in [0.2, 0.25) is 5.91 Å². The highest BCUT2D eigenvalue weighted by Crippen LogP contribution is 2.36. The molecular weight excluding hydrogens is 369 g/mol. The molecule has 146 valence electrons. The Bertz CT molecular complexity index is 952. The fourth-order valence-electron chi connectivity index (χ4n) is 2.48. The second-order valence-electron chi connectivity index (χ2n) is 7.28. The third-order valence-corrected chi connectivity index (χ3v) is 6.55. The first-order chi connectivity index (χ1) is 12.5. The van der Waals surface area contributed by atoms with E-state index >= 15 is 0 Å². The molecular formula is C20H24FNO4S. The summed E-state index contributed by atoms with van der Waals surface area (Å²) < 4.78 is 45.5. The molecule has 0 spiro atoms. The predicted octanol–water partition coefficient (Wildman–Crippen LogP) is 3.85. The number of halogens is 1. The van der Waals surface area contributed by atoms with E-state index in [2.05, 4.69) is 0 Å². The highest BCUT2D eigenvalue weighted by atomic mass is 32.2. The average molecular weight is 393 g/mol. The number of carbonyl (C=O) groups is 1. The van der Waals surface area contributed by atoms with E-state index < -0.39 is 32.2 Å². The van der Waals surface area contributed by atoms with Crippen LogP contribution in [0.3, 0.4) is 0 Å². The average Bonchev–Trinajstić information content (AvgIpc) is 2.58. The van der Waals surface area contributed by atoms with Crippen molar-refractivity contribution in [3.8, 4) is 11.5 Å². The van der Waals surface area contributed by atoms with Crippen LogP contribution in [0.15, 0.2) is 47.4 Å². The van der Waals surface area contributed by atoms with Crippen LogP contribution in [0.5, 0.6) is 11.5 Å². The lowest BCUT2D eigenvalue weighted by atomic mass is 9.84. The smallest absolute Gasteiger partial charge is 0.223 e. The molecule has 0 saturated carbocycles. The second-order valence-corrected chi connectivity index (χ2v) is 9.76. The molecule has 0 bridgehead atoms. The maximum absolute atomic E-state index is 14.5. The Balaban J connectivity index is 2.52. The lowest BCUT2D eigenvalue weighted by molar-refractivity contribution is -0.125. The van der Waals surface area contributed by atoms with Crippen molar-refractivity contribution < 1.29 is 22.3 Å². The van der Waals surface area contributed by atoms with Gasteiger partial charge in [-0.05, 0) is 44.5 Å². The zero-order valence-corrected chi connectivity index (χ0v) is 16.6. The molecule has 0 fully saturated rings. The van der Waals surface area contributed by atoms with Gasteiger partial charge in [-0.15, -0.1) is 0 Å². The summed E-state index contributed by atoms with van der Waals surface area (Å²) in [6.07, 6.45) is 0.0173. The van der Waals surface area contributed by atoms with E-state index in [4.69, 9.17) is 10.5 Å². The Morgan fingerprint density at radius 2 is 1.70 bits per heavy atom. The summed E-state index contributed by atoms with van der Waals surface area (Å²) in [6, 6.07) is 10.5. The van der Waals surface area contributed by atoms with Crippen LogP contribution < -0.4 is 10.5 Å². The lowest BCUT2D eigenvalue weighted by Crippen LogP contribution is -2.33. The number of carbonyl (C=O) groups excluding carboxylic acids is 1. The van der Waals surface area contributed by atoms with Crippen molar-refractivity contribution in [2.75, 3.05) is 0 Å². The molecule has 2 N–H and O–H groups in total. The number of sulfone groups is 1. The molecule has 0 heterocycles. The summed E-state index contributed by atoms with van der Waals surface area (Å²) in [5, 5.41) is -0.636. The third-order valence-electron chi connectivity index (χ3n) is 4.36. The zero-order chi connectivity index (χ0) is 20.4. The zero-order valence-electron chi connectivity index (χ0n) is 15.8. The van der Waals surface area contributed by atoms with Gasteiger partial charge in [-0.25, -0.2) is 12.8 Å². The number of nitrogens with two attached hydrogens (primary N) is 1. The van der Waals surface area contributed by atoms with Crippen molar-refractivity contribution in [1.29, 1.82) is 0 Å². The summed E-state index contributed by atoms with van der Waals surface area (Å²) in [7, 11) is -3.59. The minimum atomic E-state index is -3.59. The highest BCUT2D eigenvalue weighted by molar-refractivity contribution is 7.92. The van der Waals surface area contributed by atoms with Crippen LogP contribution in [0.1, 0.15) is 33.3 Å². The van der Waals surface area contributed by atoms with Crippen LogP contribution in [-0.2, 0) is 21.1 Å². The summed E-state index contributed by atoms with van der Waals surface area (Å²) in [5.74, 6) is -0.865. The first-order valence-corrected chi connectivity index (χ1v) is 10.1. The number of hydrogen-bond acceptors (Lipinski definition) is 4. The maximum atomic E-state index is 14.5. The first-order valence-electron chi connectivity index (χ1n) is 8.55. The monoisotopic (exact) mass is 393 g/mol. The number of primary amides is 1. The Morgan fingerprint density at radius 3 is 2.30 bits per heavy atom. The highest BCUT2D eigenvalue weighted by Gasteiger charge is 2.29. The topological polar surface area (TPSA) is 86.5 Å². The number of ether oxygens (including phenoxy) is 1. The number of amides is 1. The van der Waals surface area contributed by atoms with Crippen molar-refractivity contribution in [3.05, 3.63) is 53.8 Å². The Morgan fingerprint density at radius 1 is 1.11 bits per heavy atom. The van der Waals surface area contributed by atoms with E-state index in [9.17, 15) is 17.6 Å². The Hall–Kier alpha value is -2.41. The molecule has 0 aliphatic carbocycles. The maximum Gasteiger partial charge on any atom is 0.223 e. The molecule has 0 aliphatic rings. The molecule has 0 unspecified atom stereocenters. The molecule has 0 saturated heterocycles. The van der Waals surface area contributed by atoms with Crippen molar-refractivity contribution in [2.45, 2.75) is 44.3 Å². The van der Waals surface area contributed by atoms with Crippen LogP contribution in [0.4, 0.5) is 4.39 Å². The van der Waals surface area contributed by atoms with Crippen LogP contribution in [-0.4, -0.2) is 19.6 Å². The molecule has 5 nitrogen and oxygen atoms in total. The number of benzene rings is 2. The fraction of sp³-hybridized carbons (Fsp3) is 0.350. The van der Waals surface area contributed by atoms with Gasteiger partial charge in [-0.3, -0.25) is 4.79 Å². The van der Waals surface area contributed by atoms with Gasteiger partial charge in [0, 0.05) is 11.0 Å². The summed E-state index contributed by atoms with van der Waals surface area (Å²) in [6.45, 7) is 6.38. The van der Waals surface area contributed by atoms with Gasteiger partial charge in [0.15, 0.2) is 9.84 Å². The van der Waals surface area contributed by atoms with E-state index in [0.717, 1.165) is 0 Å². The van der Waals surface area contributed by atoms with E-state index in [-0.39, 0.29) is 28.4 Å². The van der Waals surface area contributed by atoms with E-state index in [0.29, 0.717) is 0 Å². The molecule has 2 rings (SSSR count). The molecule has 7 heteroatoms. The number of rotatable bonds is 7. The predicted molar refractivity (Wildman–Crippen MR) is 102 cm³/mol. The molecule has 1 amide bonds. The van der Waals surface area contributed by atoms with Gasteiger partial charge >= 0.3 is 0 Å². The van der Waals surface area contributed by atoms with Gasteiger partial charge in [-0.1, -0.05) is 32.0 Å². The Labute approximate surface area is 159 Å². The number of hydrogen-bond donors (Lipinski definition) is 1. The minimum absolute atomic E-state index is 0.0173. The van der Waals surface area contributed by atoms with Crippen molar-refractivity contribution in [2.24, 2.45) is 11.1 Å². The molecule has 0 radical (unpaired) electrons. The molecule has 2 aromatic rings. The fourth-order valence-corrected chi connectivity index (χ4v) is 3.64. The third kappa shape index (κ3) is 4.47. The standard InChI is InChI=1S/C20H24FNO4S/c1-13(2)27(24,25)18-11-6-5-9-17(18)26-16-10-7-8-15(21)14(16)12-20(3,4)19(22)23/h5-11,13H,12H2,1-4H3,(H2,22,23). The van der Waals surface area contributed by atoms with Gasteiger partial charge in [-0.2, -0.15) is 0 Å². The van der Waals surface area contributed by atoms with Crippen molar-refractivity contribution >= 4 is 15.7 Å². The van der Waals surface area contributed by atoms with Gasteiger partial charge in [0.05, 0.1) is 5.25 Å².